The van der Waals surface area contributed by atoms with Gasteiger partial charge in [-0.05, 0) is 12.1 Å². The van der Waals surface area contributed by atoms with E-state index in [1.807, 2.05) is 50.2 Å². The van der Waals surface area contributed by atoms with E-state index in [2.05, 4.69) is 11.1 Å². The largest absolute Gasteiger partial charge is 2.00 e. The van der Waals surface area contributed by atoms with Crippen LogP contribution in [0.1, 0.15) is 25.1 Å². The van der Waals surface area contributed by atoms with Crippen LogP contribution in [-0.4, -0.2) is 9.97 Å². The summed E-state index contributed by atoms with van der Waals surface area (Å²) in [4.78, 5) is 9.59. The third-order valence-corrected chi connectivity index (χ3v) is 5.46. The molecular weight excluding hydrogens is 593 g/mol. The maximum absolute atomic E-state index is 14.7. The molecule has 4 rings (SSSR count). The molecule has 0 saturated carbocycles. The van der Waals surface area contributed by atoms with E-state index >= 15 is 0 Å². The van der Waals surface area contributed by atoms with Crippen LogP contribution in [0.5, 0.6) is 0 Å². The van der Waals surface area contributed by atoms with Gasteiger partial charge in [0.15, 0.2) is 0 Å². The smallest absolute Gasteiger partial charge is 0.779 e. The van der Waals surface area contributed by atoms with E-state index in [9.17, 15) is 8.78 Å². The van der Waals surface area contributed by atoms with Crippen LogP contribution in [0, 0.1) is 17.7 Å². The van der Waals surface area contributed by atoms with Crippen molar-refractivity contribution in [1.29, 1.82) is 0 Å². The summed E-state index contributed by atoms with van der Waals surface area (Å²) < 4.78 is 29.1. The van der Waals surface area contributed by atoms with Crippen molar-refractivity contribution in [1.82, 2.24) is 9.97 Å². The van der Waals surface area contributed by atoms with Crippen molar-refractivity contribution in [3.05, 3.63) is 102 Å². The van der Waals surface area contributed by atoms with Crippen LogP contribution in [0.3, 0.4) is 0 Å². The molecule has 0 unspecified atom stereocenters. The van der Waals surface area contributed by atoms with Gasteiger partial charge in [-0.15, -0.1) is 6.07 Å². The fourth-order valence-electron chi connectivity index (χ4n) is 3.43. The summed E-state index contributed by atoms with van der Waals surface area (Å²) in [5.74, 6) is -1.44. The molecule has 158 valence electrons. The maximum atomic E-state index is 14.7. The van der Waals surface area contributed by atoms with Gasteiger partial charge in [-0.25, -0.2) is 0 Å². The van der Waals surface area contributed by atoms with Gasteiger partial charge in [-0.3, -0.25) is 18.7 Å². The molecular formula is C25H18F2N2PtS. The number of benzene rings is 2. The first-order valence-electron chi connectivity index (χ1n) is 9.45. The van der Waals surface area contributed by atoms with Crippen LogP contribution >= 0.6 is 0 Å². The Kier molecular flexibility index (Phi) is 6.98. The molecule has 0 spiro atoms. The summed E-state index contributed by atoms with van der Waals surface area (Å²) >= 11 is 5.49. The van der Waals surface area contributed by atoms with Crippen molar-refractivity contribution in [3.63, 3.8) is 0 Å². The molecule has 0 amide bonds. The molecule has 2 heterocycles. The van der Waals surface area contributed by atoms with Gasteiger partial charge in [-0.2, -0.15) is 4.90 Å². The average molecular weight is 612 g/mol. The Bertz CT molecular complexity index is 1210. The zero-order valence-corrected chi connectivity index (χ0v) is 19.9. The van der Waals surface area contributed by atoms with Gasteiger partial charge in [0.05, 0.1) is 11.6 Å². The Morgan fingerprint density at radius 2 is 1.48 bits per heavy atom. The molecule has 0 saturated heterocycles. The quantitative estimate of drug-likeness (QED) is 0.206. The molecule has 6 heteroatoms. The molecule has 0 radical (unpaired) electrons. The van der Waals surface area contributed by atoms with Crippen molar-refractivity contribution in [2.45, 2.75) is 24.2 Å². The predicted molar refractivity (Wildman–Crippen MR) is 116 cm³/mol. The van der Waals surface area contributed by atoms with E-state index in [4.69, 9.17) is 17.6 Å². The number of pyridine rings is 2. The second kappa shape index (κ2) is 9.33. The monoisotopic (exact) mass is 611 g/mol. The number of hydrogen-bond donors (Lipinski definition) is 0. The van der Waals surface area contributed by atoms with Crippen molar-refractivity contribution >= 4 is 12.6 Å². The van der Waals surface area contributed by atoms with E-state index < -0.39 is 17.0 Å². The van der Waals surface area contributed by atoms with Crippen LogP contribution in [0.25, 0.3) is 22.5 Å². The van der Waals surface area contributed by atoms with Gasteiger partial charge < -0.3 is 12.6 Å². The van der Waals surface area contributed by atoms with E-state index in [-0.39, 0.29) is 32.2 Å². The molecule has 4 aromatic rings. The summed E-state index contributed by atoms with van der Waals surface area (Å²) in [5.41, 5.74) is 2.16. The van der Waals surface area contributed by atoms with E-state index in [1.54, 1.807) is 30.5 Å². The molecule has 0 atom stereocenters. The third-order valence-electron chi connectivity index (χ3n) is 5.11. The van der Waals surface area contributed by atoms with Crippen LogP contribution in [-0.2, 0) is 39.1 Å². The van der Waals surface area contributed by atoms with Crippen LogP contribution < -0.4 is 0 Å². The molecule has 2 aromatic carbocycles. The molecule has 0 aliphatic rings. The number of halogens is 2. The van der Waals surface area contributed by atoms with Gasteiger partial charge >= 0.3 is 21.1 Å². The minimum atomic E-state index is -0.724. The Morgan fingerprint density at radius 1 is 0.839 bits per heavy atom. The molecule has 31 heavy (non-hydrogen) atoms. The van der Waals surface area contributed by atoms with Crippen molar-refractivity contribution in [3.8, 4) is 22.5 Å². The number of hydrogen-bond acceptors (Lipinski definition) is 3. The summed E-state index contributed by atoms with van der Waals surface area (Å²) in [6.07, 6.45) is 1.55. The van der Waals surface area contributed by atoms with Gasteiger partial charge in [-0.1, -0.05) is 85.1 Å². The fourth-order valence-corrected chi connectivity index (χ4v) is 3.83. The predicted octanol–water partition coefficient (Wildman–Crippen LogP) is 6.12. The number of nitrogens with zero attached hydrogens (tertiary/aromatic N) is 2. The molecule has 0 bridgehead atoms. The van der Waals surface area contributed by atoms with Gasteiger partial charge in [0.1, 0.15) is 0 Å². The SMILES string of the molecule is CC(C)(c1cccc(-c2[c-]c(-c3ccccn3)c(F)cc2F)n1)c1ccccc1[S-].[Pt+2]. The standard InChI is InChI=1S/C25H19F2N2S.Pt/c1-25(2,18-8-3-4-11-23(18)30)24-12-7-10-22(29-24)17-14-16(19(26)15-20(17)27)21-9-5-6-13-28-21;/h3-13,15,30H,1-2H3;/q-1;+2/p-1. The van der Waals surface area contributed by atoms with E-state index in [0.717, 1.165) is 22.2 Å². The maximum Gasteiger partial charge on any atom is 2.00 e. The van der Waals surface area contributed by atoms with E-state index in [1.165, 1.54) is 0 Å². The summed E-state index contributed by atoms with van der Waals surface area (Å²) in [7, 11) is 0. The van der Waals surface area contributed by atoms with Crippen LogP contribution in [0.4, 0.5) is 8.78 Å². The van der Waals surface area contributed by atoms with Crippen molar-refractivity contribution < 1.29 is 29.8 Å². The Labute approximate surface area is 200 Å². The number of rotatable bonds is 4. The molecule has 0 aliphatic heterocycles. The minimum Gasteiger partial charge on any atom is -0.779 e. The Balaban J connectivity index is 0.00000272. The normalized spacial score (nSPS) is 11.1. The van der Waals surface area contributed by atoms with Gasteiger partial charge in [0, 0.05) is 28.7 Å². The first kappa shape index (κ1) is 23.2. The van der Waals surface area contributed by atoms with Crippen molar-refractivity contribution in [2.75, 3.05) is 0 Å². The summed E-state index contributed by atoms with van der Waals surface area (Å²) in [6.45, 7) is 4.04. The Morgan fingerprint density at radius 3 is 2.16 bits per heavy atom. The van der Waals surface area contributed by atoms with Gasteiger partial charge in [0.25, 0.3) is 0 Å². The fraction of sp³-hybridized carbons (Fsp3) is 0.120. The van der Waals surface area contributed by atoms with Crippen molar-refractivity contribution in [2.24, 2.45) is 0 Å². The Hall–Kier alpha value is -2.49. The molecule has 0 fully saturated rings. The molecule has 0 N–H and O–H groups in total. The molecule has 2 nitrogen and oxygen atoms in total. The first-order chi connectivity index (χ1) is 14.4. The molecule has 2 aromatic heterocycles. The topological polar surface area (TPSA) is 25.8 Å². The van der Waals surface area contributed by atoms with Crippen LogP contribution in [0.15, 0.2) is 77.8 Å². The zero-order valence-electron chi connectivity index (χ0n) is 16.8. The zero-order chi connectivity index (χ0) is 21.3. The van der Waals surface area contributed by atoms with Gasteiger partial charge in [0.2, 0.25) is 0 Å². The average Bonchev–Trinajstić information content (AvgIpc) is 2.75. The van der Waals surface area contributed by atoms with E-state index in [0.29, 0.717) is 11.4 Å². The summed E-state index contributed by atoms with van der Waals surface area (Å²) in [5, 5.41) is 0. The minimum absolute atomic E-state index is 0. The second-order valence-corrected chi connectivity index (χ2v) is 7.90. The third kappa shape index (κ3) is 4.58. The molecule has 0 aliphatic carbocycles. The van der Waals surface area contributed by atoms with Crippen LogP contribution in [0.2, 0.25) is 0 Å². The first-order valence-corrected chi connectivity index (χ1v) is 9.86. The number of aromatic nitrogens is 2. The second-order valence-electron chi connectivity index (χ2n) is 7.46. The summed E-state index contributed by atoms with van der Waals surface area (Å²) in [6, 6.07) is 21.9.